The molecule has 0 aliphatic carbocycles. The quantitative estimate of drug-likeness (QED) is 0.636. The summed E-state index contributed by atoms with van der Waals surface area (Å²) in [5, 5.41) is 1.91. The Hall–Kier alpha value is -0.820. The highest BCUT2D eigenvalue weighted by Gasteiger charge is 2.24. The molecule has 15 heavy (non-hydrogen) atoms. The van der Waals surface area contributed by atoms with Crippen LogP contribution < -0.4 is 5.32 Å². The number of benzene rings is 1. The Balaban J connectivity index is 2.35. The predicted octanol–water partition coefficient (Wildman–Crippen LogP) is 2.62. The normalized spacial score (nSPS) is 18.3. The van der Waals surface area contributed by atoms with Crippen molar-refractivity contribution < 1.29 is 9.59 Å². The lowest BCUT2D eigenvalue weighted by molar-refractivity contribution is -0.115. The van der Waals surface area contributed by atoms with Crippen molar-refractivity contribution in [1.29, 1.82) is 0 Å². The van der Waals surface area contributed by atoms with E-state index in [9.17, 15) is 9.59 Å². The van der Waals surface area contributed by atoms with Crippen molar-refractivity contribution in [1.82, 2.24) is 5.32 Å². The number of rotatable bonds is 1. The number of thioether (sulfide) groups is 1. The average Bonchev–Trinajstić information content (AvgIpc) is 2.49. The number of amides is 2. The molecule has 2 amide bonds. The summed E-state index contributed by atoms with van der Waals surface area (Å²) in [4.78, 5) is 22.7. The van der Waals surface area contributed by atoms with E-state index in [1.54, 1.807) is 6.08 Å². The molecule has 0 radical (unpaired) electrons. The van der Waals surface area contributed by atoms with Crippen LogP contribution in [0.3, 0.4) is 0 Å². The number of hydrogen-bond donors (Lipinski definition) is 1. The summed E-state index contributed by atoms with van der Waals surface area (Å²) in [5.41, 5.74) is 0.949. The molecule has 0 atom stereocenters. The van der Waals surface area contributed by atoms with Gasteiger partial charge in [0.25, 0.3) is 11.1 Å². The molecule has 3 nitrogen and oxygen atoms in total. The minimum atomic E-state index is -0.315. The van der Waals surface area contributed by atoms with Crippen LogP contribution in [-0.4, -0.2) is 11.1 Å². The molecule has 0 aromatic heterocycles. The van der Waals surface area contributed by atoms with Gasteiger partial charge in [-0.15, -0.1) is 0 Å². The summed E-state index contributed by atoms with van der Waals surface area (Å²) in [6.07, 6.45) is 1.73. The van der Waals surface area contributed by atoms with Gasteiger partial charge in [-0.1, -0.05) is 18.2 Å². The zero-order chi connectivity index (χ0) is 10.8. The Morgan fingerprint density at radius 1 is 1.27 bits per heavy atom. The van der Waals surface area contributed by atoms with Crippen molar-refractivity contribution in [2.75, 3.05) is 0 Å². The maximum absolute atomic E-state index is 11.3. The summed E-state index contributed by atoms with van der Waals surface area (Å²) in [5.74, 6) is -0.315. The van der Waals surface area contributed by atoms with E-state index in [-0.39, 0.29) is 11.1 Å². The van der Waals surface area contributed by atoms with Gasteiger partial charge in [-0.25, -0.2) is 0 Å². The number of carbonyl (C=O) groups excluding carboxylic acids is 2. The first-order valence-electron chi connectivity index (χ1n) is 4.16. The van der Waals surface area contributed by atoms with Gasteiger partial charge in [-0.2, -0.15) is 0 Å². The fraction of sp³-hybridized carbons (Fsp3) is 0. The van der Waals surface area contributed by atoms with E-state index in [2.05, 4.69) is 27.9 Å². The smallest absolute Gasteiger partial charge is 0.282 e. The molecular weight excluding hydrogens is 325 g/mol. The number of imide groups is 1. The Morgan fingerprint density at radius 2 is 2.00 bits per heavy atom. The van der Waals surface area contributed by atoms with Crippen molar-refractivity contribution in [2.24, 2.45) is 0 Å². The van der Waals surface area contributed by atoms with Crippen molar-refractivity contribution in [3.8, 4) is 0 Å². The second-order valence-corrected chi connectivity index (χ2v) is 5.05. The lowest BCUT2D eigenvalue weighted by Crippen LogP contribution is -2.17. The molecule has 1 aliphatic heterocycles. The van der Waals surface area contributed by atoms with Gasteiger partial charge < -0.3 is 0 Å². The molecule has 1 aromatic rings. The Bertz CT molecular complexity index is 470. The second kappa shape index (κ2) is 4.36. The van der Waals surface area contributed by atoms with E-state index < -0.39 is 0 Å². The molecule has 1 aromatic carbocycles. The molecule has 1 saturated heterocycles. The fourth-order valence-corrected chi connectivity index (χ4v) is 2.37. The van der Waals surface area contributed by atoms with Crippen LogP contribution >= 0.6 is 34.4 Å². The van der Waals surface area contributed by atoms with Gasteiger partial charge in [0.15, 0.2) is 0 Å². The monoisotopic (exact) mass is 331 g/mol. The van der Waals surface area contributed by atoms with Crippen LogP contribution in [0, 0.1) is 3.57 Å². The van der Waals surface area contributed by atoms with Crippen LogP contribution in [0.15, 0.2) is 29.2 Å². The van der Waals surface area contributed by atoms with E-state index in [1.807, 2.05) is 24.3 Å². The van der Waals surface area contributed by atoms with Crippen LogP contribution in [0.1, 0.15) is 5.56 Å². The van der Waals surface area contributed by atoms with Crippen molar-refractivity contribution in [3.63, 3.8) is 0 Å². The van der Waals surface area contributed by atoms with E-state index in [0.717, 1.165) is 20.9 Å². The second-order valence-electron chi connectivity index (χ2n) is 2.87. The highest BCUT2D eigenvalue weighted by molar-refractivity contribution is 14.1. The first kappa shape index (κ1) is 10.7. The third-order valence-corrected chi connectivity index (χ3v) is 3.63. The number of halogens is 1. The third kappa shape index (κ3) is 2.40. The molecule has 1 fully saturated rings. The first-order valence-corrected chi connectivity index (χ1v) is 6.06. The first-order chi connectivity index (χ1) is 7.16. The predicted molar refractivity (Wildman–Crippen MR) is 68.3 cm³/mol. The lowest BCUT2D eigenvalue weighted by atomic mass is 10.2. The molecule has 2 rings (SSSR count). The standard InChI is InChI=1S/C10H6INO2S/c11-7-4-2-1-3-6(7)5-8-9(13)12-10(14)15-8/h1-5H,(H,12,13,14)/b8-5+. The highest BCUT2D eigenvalue weighted by atomic mass is 127. The molecule has 5 heteroatoms. The van der Waals surface area contributed by atoms with E-state index >= 15 is 0 Å². The van der Waals surface area contributed by atoms with Crippen molar-refractivity contribution >= 4 is 51.6 Å². The van der Waals surface area contributed by atoms with Crippen LogP contribution in [0.25, 0.3) is 6.08 Å². The van der Waals surface area contributed by atoms with Gasteiger partial charge in [-0.05, 0) is 52.1 Å². The SMILES string of the molecule is O=C1NC(=O)/C(=C\c2ccccc2I)S1. The van der Waals surface area contributed by atoms with Crippen LogP contribution in [0.4, 0.5) is 4.79 Å². The van der Waals surface area contributed by atoms with E-state index in [4.69, 9.17) is 0 Å². The summed E-state index contributed by atoms with van der Waals surface area (Å²) in [7, 11) is 0. The van der Waals surface area contributed by atoms with Gasteiger partial charge >= 0.3 is 0 Å². The molecule has 0 bridgehead atoms. The maximum atomic E-state index is 11.3. The van der Waals surface area contributed by atoms with Crippen molar-refractivity contribution in [2.45, 2.75) is 0 Å². The molecule has 0 spiro atoms. The minimum Gasteiger partial charge on any atom is -0.282 e. The number of nitrogens with one attached hydrogen (secondary N) is 1. The topological polar surface area (TPSA) is 46.2 Å². The zero-order valence-electron chi connectivity index (χ0n) is 7.49. The number of carbonyl (C=O) groups is 2. The maximum Gasteiger partial charge on any atom is 0.290 e. The summed E-state index contributed by atoms with van der Waals surface area (Å²) < 4.78 is 1.05. The van der Waals surface area contributed by atoms with E-state index in [0.29, 0.717) is 4.91 Å². The molecule has 0 unspecified atom stereocenters. The van der Waals surface area contributed by atoms with Gasteiger partial charge in [0.1, 0.15) is 0 Å². The average molecular weight is 331 g/mol. The molecule has 1 aliphatic rings. The molecule has 76 valence electrons. The summed E-state index contributed by atoms with van der Waals surface area (Å²) in [6, 6.07) is 7.68. The largest absolute Gasteiger partial charge is 0.290 e. The summed E-state index contributed by atoms with van der Waals surface area (Å²) >= 11 is 3.12. The highest BCUT2D eigenvalue weighted by Crippen LogP contribution is 2.26. The Kier molecular flexibility index (Phi) is 3.11. The molecule has 0 saturated carbocycles. The fourth-order valence-electron chi connectivity index (χ4n) is 1.15. The number of hydrogen-bond acceptors (Lipinski definition) is 3. The van der Waals surface area contributed by atoms with Gasteiger partial charge in [0.2, 0.25) is 0 Å². The Morgan fingerprint density at radius 3 is 2.60 bits per heavy atom. The zero-order valence-corrected chi connectivity index (χ0v) is 10.5. The summed E-state index contributed by atoms with van der Waals surface area (Å²) in [6.45, 7) is 0. The van der Waals surface area contributed by atoms with E-state index in [1.165, 1.54) is 0 Å². The van der Waals surface area contributed by atoms with Crippen LogP contribution in [0.5, 0.6) is 0 Å². The Labute approximate surface area is 104 Å². The van der Waals surface area contributed by atoms with Gasteiger partial charge in [0.05, 0.1) is 4.91 Å². The molecular formula is C10H6INO2S. The molecule has 1 N–H and O–H groups in total. The third-order valence-electron chi connectivity index (χ3n) is 1.83. The van der Waals surface area contributed by atoms with Crippen LogP contribution in [-0.2, 0) is 4.79 Å². The van der Waals surface area contributed by atoms with Crippen molar-refractivity contribution in [3.05, 3.63) is 38.3 Å². The molecule has 1 heterocycles. The lowest BCUT2D eigenvalue weighted by Gasteiger charge is -1.97. The minimum absolute atomic E-state index is 0.308. The van der Waals surface area contributed by atoms with Crippen LogP contribution in [0.2, 0.25) is 0 Å². The van der Waals surface area contributed by atoms with Gasteiger partial charge in [-0.3, -0.25) is 14.9 Å². The van der Waals surface area contributed by atoms with Gasteiger partial charge in [0, 0.05) is 3.57 Å².